The van der Waals surface area contributed by atoms with Crippen LogP contribution in [-0.4, -0.2) is 58.8 Å². The van der Waals surface area contributed by atoms with Gasteiger partial charge in [0, 0.05) is 31.4 Å². The fourth-order valence-electron chi connectivity index (χ4n) is 2.96. The van der Waals surface area contributed by atoms with E-state index in [1.165, 1.54) is 24.8 Å². The summed E-state index contributed by atoms with van der Waals surface area (Å²) in [4.78, 5) is 4.80. The van der Waals surface area contributed by atoms with E-state index in [1.54, 1.807) is 0 Å². The fourth-order valence-corrected chi connectivity index (χ4v) is 3.47. The van der Waals surface area contributed by atoms with Gasteiger partial charge in [0.1, 0.15) is 0 Å². The predicted octanol–water partition coefficient (Wildman–Crippen LogP) is 1.53. The quantitative estimate of drug-likeness (QED) is 0.773. The summed E-state index contributed by atoms with van der Waals surface area (Å²) in [6.07, 6.45) is 4.45. The molecule has 1 heterocycles. The first-order valence-electron chi connectivity index (χ1n) is 7.90. The Balaban J connectivity index is 1.79. The van der Waals surface area contributed by atoms with Crippen molar-refractivity contribution in [3.8, 4) is 0 Å². The molecule has 0 bridgehead atoms. The second-order valence-corrected chi connectivity index (χ2v) is 7.91. The molecule has 0 unspecified atom stereocenters. The molecule has 0 radical (unpaired) electrons. The van der Waals surface area contributed by atoms with E-state index in [2.05, 4.69) is 45.8 Å². The van der Waals surface area contributed by atoms with Crippen molar-refractivity contribution in [1.82, 2.24) is 9.62 Å². The van der Waals surface area contributed by atoms with Gasteiger partial charge in [-0.1, -0.05) is 18.2 Å². The minimum atomic E-state index is -3.07. The standard InChI is InChI=1S/C16H27N3O2S/c1-18(12-7-11-17-22(2,20)21)16-10-6-13-19(14-16)15-8-4-3-5-9-15/h3-5,8-9,16-17H,6-7,10-14H2,1-2H3/t16-/m1/s1. The molecule has 124 valence electrons. The molecular formula is C16H27N3O2S. The Bertz CT molecular complexity index is 548. The molecule has 1 fully saturated rings. The molecule has 1 atom stereocenters. The molecule has 0 aromatic heterocycles. The molecule has 0 spiro atoms. The number of piperidine rings is 1. The zero-order valence-electron chi connectivity index (χ0n) is 13.5. The number of anilines is 1. The first kappa shape index (κ1) is 17.2. The molecule has 22 heavy (non-hydrogen) atoms. The van der Waals surface area contributed by atoms with Crippen molar-refractivity contribution in [3.63, 3.8) is 0 Å². The second kappa shape index (κ2) is 7.94. The van der Waals surface area contributed by atoms with Crippen molar-refractivity contribution < 1.29 is 8.42 Å². The van der Waals surface area contributed by atoms with Crippen LogP contribution in [0.4, 0.5) is 5.69 Å². The van der Waals surface area contributed by atoms with Crippen molar-refractivity contribution >= 4 is 15.7 Å². The summed E-state index contributed by atoms with van der Waals surface area (Å²) in [6.45, 7) is 3.58. The first-order chi connectivity index (χ1) is 10.5. The number of likely N-dealkylation sites (N-methyl/N-ethyl adjacent to an activating group) is 1. The monoisotopic (exact) mass is 325 g/mol. The highest BCUT2D eigenvalue weighted by molar-refractivity contribution is 7.88. The average molecular weight is 325 g/mol. The summed E-state index contributed by atoms with van der Waals surface area (Å²) in [6, 6.07) is 11.1. The third kappa shape index (κ3) is 5.59. The Kier molecular flexibility index (Phi) is 6.23. The number of hydrogen-bond acceptors (Lipinski definition) is 4. The lowest BCUT2D eigenvalue weighted by molar-refractivity contribution is 0.214. The lowest BCUT2D eigenvalue weighted by Crippen LogP contribution is -2.47. The highest BCUT2D eigenvalue weighted by Gasteiger charge is 2.23. The van der Waals surface area contributed by atoms with Gasteiger partial charge in [-0.05, 0) is 45.0 Å². The Morgan fingerprint density at radius 1 is 1.32 bits per heavy atom. The van der Waals surface area contributed by atoms with Gasteiger partial charge in [0.25, 0.3) is 0 Å². The molecule has 0 aliphatic carbocycles. The predicted molar refractivity (Wildman–Crippen MR) is 91.8 cm³/mol. The Hall–Kier alpha value is -1.11. The third-order valence-electron chi connectivity index (χ3n) is 4.19. The van der Waals surface area contributed by atoms with Gasteiger partial charge in [-0.2, -0.15) is 0 Å². The molecular weight excluding hydrogens is 298 g/mol. The molecule has 1 aliphatic heterocycles. The van der Waals surface area contributed by atoms with Crippen LogP contribution in [0.25, 0.3) is 0 Å². The van der Waals surface area contributed by atoms with Crippen LogP contribution < -0.4 is 9.62 Å². The number of nitrogens with zero attached hydrogens (tertiary/aromatic N) is 2. The molecule has 1 aromatic rings. The van der Waals surface area contributed by atoms with Gasteiger partial charge in [-0.25, -0.2) is 13.1 Å². The van der Waals surface area contributed by atoms with Crippen LogP contribution in [0.5, 0.6) is 0 Å². The maximum atomic E-state index is 11.0. The summed E-state index contributed by atoms with van der Waals surface area (Å²) in [5.41, 5.74) is 1.29. The summed E-state index contributed by atoms with van der Waals surface area (Å²) in [5, 5.41) is 0. The molecule has 1 N–H and O–H groups in total. The van der Waals surface area contributed by atoms with E-state index in [-0.39, 0.29) is 0 Å². The minimum absolute atomic E-state index is 0.512. The van der Waals surface area contributed by atoms with Crippen LogP contribution in [0.3, 0.4) is 0 Å². The highest BCUT2D eigenvalue weighted by Crippen LogP contribution is 2.21. The molecule has 1 aromatic carbocycles. The summed E-state index contributed by atoms with van der Waals surface area (Å²) < 4.78 is 24.6. The lowest BCUT2D eigenvalue weighted by atomic mass is 10.0. The van der Waals surface area contributed by atoms with Crippen molar-refractivity contribution in [2.24, 2.45) is 0 Å². The van der Waals surface area contributed by atoms with Gasteiger partial charge in [-0.3, -0.25) is 0 Å². The number of sulfonamides is 1. The summed E-state index contributed by atoms with van der Waals surface area (Å²) in [5.74, 6) is 0. The van der Waals surface area contributed by atoms with Crippen molar-refractivity contribution in [2.45, 2.75) is 25.3 Å². The Labute approximate surface area is 134 Å². The van der Waals surface area contributed by atoms with Crippen molar-refractivity contribution in [1.29, 1.82) is 0 Å². The SMILES string of the molecule is CN(CCCNS(C)(=O)=O)[C@@H]1CCCN(c2ccccc2)C1. The topological polar surface area (TPSA) is 52.7 Å². The molecule has 1 aliphatic rings. The fraction of sp³-hybridized carbons (Fsp3) is 0.625. The van der Waals surface area contributed by atoms with Gasteiger partial charge in [-0.15, -0.1) is 0 Å². The highest BCUT2D eigenvalue weighted by atomic mass is 32.2. The summed E-state index contributed by atoms with van der Waals surface area (Å²) in [7, 11) is -0.930. The third-order valence-corrected chi connectivity index (χ3v) is 4.92. The zero-order chi connectivity index (χ0) is 16.0. The first-order valence-corrected chi connectivity index (χ1v) is 9.80. The van der Waals surface area contributed by atoms with Crippen LogP contribution >= 0.6 is 0 Å². The van der Waals surface area contributed by atoms with Crippen LogP contribution in [0, 0.1) is 0 Å². The zero-order valence-corrected chi connectivity index (χ0v) is 14.3. The van der Waals surface area contributed by atoms with E-state index in [4.69, 9.17) is 0 Å². The number of benzene rings is 1. The Morgan fingerprint density at radius 3 is 2.73 bits per heavy atom. The van der Waals surface area contributed by atoms with Crippen molar-refractivity contribution in [3.05, 3.63) is 30.3 Å². The van der Waals surface area contributed by atoms with E-state index < -0.39 is 10.0 Å². The smallest absolute Gasteiger partial charge is 0.208 e. The van der Waals surface area contributed by atoms with E-state index in [0.29, 0.717) is 12.6 Å². The van der Waals surface area contributed by atoms with Crippen LogP contribution in [-0.2, 0) is 10.0 Å². The number of nitrogens with one attached hydrogen (secondary N) is 1. The van der Waals surface area contributed by atoms with Gasteiger partial charge < -0.3 is 9.80 Å². The van der Waals surface area contributed by atoms with Crippen molar-refractivity contribution in [2.75, 3.05) is 44.4 Å². The second-order valence-electron chi connectivity index (χ2n) is 6.08. The van der Waals surface area contributed by atoms with Gasteiger partial charge in [0.15, 0.2) is 0 Å². The van der Waals surface area contributed by atoms with Gasteiger partial charge >= 0.3 is 0 Å². The molecule has 1 saturated heterocycles. The normalized spacial score (nSPS) is 19.6. The number of hydrogen-bond donors (Lipinski definition) is 1. The largest absolute Gasteiger partial charge is 0.370 e. The van der Waals surface area contributed by atoms with E-state index >= 15 is 0 Å². The minimum Gasteiger partial charge on any atom is -0.370 e. The lowest BCUT2D eigenvalue weighted by Gasteiger charge is -2.39. The molecule has 0 amide bonds. The van der Waals surface area contributed by atoms with E-state index in [0.717, 1.165) is 26.1 Å². The number of rotatable bonds is 7. The maximum Gasteiger partial charge on any atom is 0.208 e. The van der Waals surface area contributed by atoms with Crippen LogP contribution in [0.1, 0.15) is 19.3 Å². The van der Waals surface area contributed by atoms with E-state index in [9.17, 15) is 8.42 Å². The molecule has 2 rings (SSSR count). The van der Waals surface area contributed by atoms with Gasteiger partial charge in [0.05, 0.1) is 6.26 Å². The number of para-hydroxylation sites is 1. The Morgan fingerprint density at radius 2 is 2.05 bits per heavy atom. The van der Waals surface area contributed by atoms with E-state index in [1.807, 2.05) is 6.07 Å². The molecule has 0 saturated carbocycles. The van der Waals surface area contributed by atoms with Crippen LogP contribution in [0.2, 0.25) is 0 Å². The maximum absolute atomic E-state index is 11.0. The molecule has 5 nitrogen and oxygen atoms in total. The molecule has 6 heteroatoms. The van der Waals surface area contributed by atoms with Gasteiger partial charge in [0.2, 0.25) is 10.0 Å². The average Bonchev–Trinajstić information content (AvgIpc) is 2.51. The van der Waals surface area contributed by atoms with Crippen LogP contribution in [0.15, 0.2) is 30.3 Å². The summed E-state index contributed by atoms with van der Waals surface area (Å²) >= 11 is 0.